The molecule has 1 fully saturated rings. The van der Waals surface area contributed by atoms with Crippen molar-refractivity contribution in [1.29, 1.82) is 0 Å². The third-order valence-electron chi connectivity index (χ3n) is 3.42. The van der Waals surface area contributed by atoms with E-state index in [9.17, 15) is 14.3 Å². The summed E-state index contributed by atoms with van der Waals surface area (Å²) < 4.78 is 18.7. The van der Waals surface area contributed by atoms with Gasteiger partial charge >= 0.3 is 5.97 Å². The molecule has 1 N–H and O–H groups in total. The van der Waals surface area contributed by atoms with Crippen LogP contribution in [0.4, 0.5) is 4.39 Å². The zero-order valence-electron chi connectivity index (χ0n) is 9.92. The summed E-state index contributed by atoms with van der Waals surface area (Å²) in [4.78, 5) is 11.3. The van der Waals surface area contributed by atoms with Crippen molar-refractivity contribution >= 4 is 5.97 Å². The van der Waals surface area contributed by atoms with Crippen molar-refractivity contribution in [1.82, 2.24) is 0 Å². The van der Waals surface area contributed by atoms with Crippen LogP contribution in [0.2, 0.25) is 0 Å². The van der Waals surface area contributed by atoms with Crippen LogP contribution in [0.5, 0.6) is 5.75 Å². The lowest BCUT2D eigenvalue weighted by Crippen LogP contribution is -2.21. The number of methoxy groups -OCH3 is 1. The van der Waals surface area contributed by atoms with Crippen LogP contribution in [0.1, 0.15) is 30.9 Å². The van der Waals surface area contributed by atoms with Crippen LogP contribution in [0.25, 0.3) is 0 Å². The zero-order chi connectivity index (χ0) is 12.6. The molecule has 1 aromatic rings. The lowest BCUT2D eigenvalue weighted by Gasteiger charge is -2.16. The van der Waals surface area contributed by atoms with E-state index >= 15 is 0 Å². The number of halogens is 1. The minimum absolute atomic E-state index is 0.333. The fourth-order valence-corrected chi connectivity index (χ4v) is 2.14. The van der Waals surface area contributed by atoms with Crippen molar-refractivity contribution in [3.63, 3.8) is 0 Å². The van der Waals surface area contributed by atoms with E-state index < -0.39 is 11.4 Å². The summed E-state index contributed by atoms with van der Waals surface area (Å²) in [5, 5.41) is 9.26. The molecule has 1 aliphatic rings. The second-order valence-electron chi connectivity index (χ2n) is 4.38. The van der Waals surface area contributed by atoms with Gasteiger partial charge in [0.15, 0.2) is 0 Å². The lowest BCUT2D eigenvalue weighted by atomic mass is 9.92. The van der Waals surface area contributed by atoms with Crippen LogP contribution in [0.15, 0.2) is 12.1 Å². The molecule has 0 atom stereocenters. The Hall–Kier alpha value is -1.58. The van der Waals surface area contributed by atoms with Gasteiger partial charge in [0.2, 0.25) is 0 Å². The first-order valence-corrected chi connectivity index (χ1v) is 5.65. The summed E-state index contributed by atoms with van der Waals surface area (Å²) >= 11 is 0. The third kappa shape index (κ3) is 1.77. The fraction of sp³-hybridized carbons (Fsp3) is 0.462. The van der Waals surface area contributed by atoms with Gasteiger partial charge in [-0.2, -0.15) is 0 Å². The van der Waals surface area contributed by atoms with Gasteiger partial charge in [0.25, 0.3) is 0 Å². The predicted octanol–water partition coefficient (Wildman–Crippen LogP) is 2.51. The summed E-state index contributed by atoms with van der Waals surface area (Å²) in [6, 6.07) is 2.92. The van der Waals surface area contributed by atoms with E-state index in [4.69, 9.17) is 4.74 Å². The topological polar surface area (TPSA) is 46.5 Å². The number of hydrogen-bond donors (Lipinski definition) is 1. The van der Waals surface area contributed by atoms with Crippen LogP contribution in [0, 0.1) is 5.82 Å². The van der Waals surface area contributed by atoms with Gasteiger partial charge in [-0.05, 0) is 30.9 Å². The second kappa shape index (κ2) is 4.02. The number of benzene rings is 1. The maximum atomic E-state index is 13.6. The van der Waals surface area contributed by atoms with Gasteiger partial charge in [0.05, 0.1) is 12.5 Å². The molecule has 1 saturated carbocycles. The first-order valence-electron chi connectivity index (χ1n) is 5.65. The highest BCUT2D eigenvalue weighted by atomic mass is 19.1. The SMILES string of the molecule is CCc1cc(C2(C(=O)O)CC2)c(OC)cc1F. The number of carboxylic acid groups (broad SMARTS) is 1. The molecule has 0 radical (unpaired) electrons. The molecule has 0 heterocycles. The highest BCUT2D eigenvalue weighted by Gasteiger charge is 2.53. The summed E-state index contributed by atoms with van der Waals surface area (Å²) in [6.45, 7) is 1.84. The van der Waals surface area contributed by atoms with Crippen LogP contribution in [0.3, 0.4) is 0 Å². The van der Waals surface area contributed by atoms with Crippen molar-refractivity contribution in [2.24, 2.45) is 0 Å². The Bertz CT molecular complexity index is 464. The molecule has 1 aromatic carbocycles. The zero-order valence-corrected chi connectivity index (χ0v) is 9.92. The second-order valence-corrected chi connectivity index (χ2v) is 4.38. The molecular weight excluding hydrogens is 223 g/mol. The van der Waals surface area contributed by atoms with Crippen LogP contribution in [-0.4, -0.2) is 18.2 Å². The molecule has 0 aliphatic heterocycles. The van der Waals surface area contributed by atoms with Gasteiger partial charge < -0.3 is 9.84 Å². The van der Waals surface area contributed by atoms with Crippen LogP contribution in [-0.2, 0) is 16.6 Å². The Balaban J connectivity index is 2.56. The molecule has 17 heavy (non-hydrogen) atoms. The smallest absolute Gasteiger partial charge is 0.314 e. The first kappa shape index (κ1) is 11.9. The minimum atomic E-state index is -0.858. The molecule has 4 heteroatoms. The van der Waals surface area contributed by atoms with Gasteiger partial charge in [0, 0.05) is 11.6 Å². The van der Waals surface area contributed by atoms with Crippen molar-refractivity contribution < 1.29 is 19.0 Å². The quantitative estimate of drug-likeness (QED) is 0.876. The number of aliphatic carboxylic acids is 1. The molecular formula is C13H15FO3. The van der Waals surface area contributed by atoms with E-state index in [0.29, 0.717) is 36.1 Å². The standard InChI is InChI=1S/C13H15FO3/c1-3-8-6-9(11(17-2)7-10(8)14)13(4-5-13)12(15)16/h6-7H,3-5H2,1-2H3,(H,15,16). The van der Waals surface area contributed by atoms with Gasteiger partial charge in [-0.15, -0.1) is 0 Å². The van der Waals surface area contributed by atoms with Crippen molar-refractivity contribution in [2.75, 3.05) is 7.11 Å². The van der Waals surface area contributed by atoms with Gasteiger partial charge in [-0.1, -0.05) is 6.92 Å². The summed E-state index contributed by atoms with van der Waals surface area (Å²) in [6.07, 6.45) is 1.72. The number of aryl methyl sites for hydroxylation is 1. The molecule has 0 aromatic heterocycles. The summed E-state index contributed by atoms with van der Waals surface area (Å²) in [7, 11) is 1.43. The van der Waals surface area contributed by atoms with Gasteiger partial charge in [-0.3, -0.25) is 4.79 Å². The Morgan fingerprint density at radius 1 is 1.53 bits per heavy atom. The average Bonchev–Trinajstić information content (AvgIpc) is 3.09. The summed E-state index contributed by atoms with van der Waals surface area (Å²) in [5.74, 6) is -0.863. The Morgan fingerprint density at radius 2 is 2.18 bits per heavy atom. The monoisotopic (exact) mass is 238 g/mol. The minimum Gasteiger partial charge on any atom is -0.496 e. The molecule has 0 spiro atoms. The highest BCUT2D eigenvalue weighted by Crippen LogP contribution is 2.52. The van der Waals surface area contributed by atoms with Crippen molar-refractivity contribution in [3.05, 3.63) is 29.1 Å². The first-order chi connectivity index (χ1) is 8.05. The van der Waals surface area contributed by atoms with Crippen LogP contribution >= 0.6 is 0 Å². The maximum absolute atomic E-state index is 13.6. The van der Waals surface area contributed by atoms with E-state index in [1.807, 2.05) is 6.92 Å². The molecule has 3 nitrogen and oxygen atoms in total. The molecule has 0 bridgehead atoms. The third-order valence-corrected chi connectivity index (χ3v) is 3.42. The number of carbonyl (C=O) groups is 1. The largest absolute Gasteiger partial charge is 0.496 e. The Kier molecular flexibility index (Phi) is 2.81. The van der Waals surface area contributed by atoms with E-state index in [1.54, 1.807) is 6.07 Å². The molecule has 2 rings (SSSR count). The summed E-state index contributed by atoms with van der Waals surface area (Å²) in [5.41, 5.74) is 0.280. The average molecular weight is 238 g/mol. The highest BCUT2D eigenvalue weighted by molar-refractivity contribution is 5.86. The normalized spacial score (nSPS) is 16.6. The van der Waals surface area contributed by atoms with Crippen LogP contribution < -0.4 is 4.74 Å². The molecule has 92 valence electrons. The Labute approximate surface area is 99.2 Å². The molecule has 0 saturated heterocycles. The number of rotatable bonds is 4. The maximum Gasteiger partial charge on any atom is 0.314 e. The van der Waals surface area contributed by atoms with Crippen molar-refractivity contribution in [2.45, 2.75) is 31.6 Å². The van der Waals surface area contributed by atoms with Gasteiger partial charge in [0.1, 0.15) is 11.6 Å². The lowest BCUT2D eigenvalue weighted by molar-refractivity contribution is -0.140. The van der Waals surface area contributed by atoms with E-state index in [-0.39, 0.29) is 5.82 Å². The number of carboxylic acids is 1. The van der Waals surface area contributed by atoms with E-state index in [0.717, 1.165) is 0 Å². The molecule has 1 aliphatic carbocycles. The van der Waals surface area contributed by atoms with E-state index in [2.05, 4.69) is 0 Å². The van der Waals surface area contributed by atoms with E-state index in [1.165, 1.54) is 13.2 Å². The predicted molar refractivity (Wildman–Crippen MR) is 60.9 cm³/mol. The fourth-order valence-electron chi connectivity index (χ4n) is 2.14. The Morgan fingerprint density at radius 3 is 2.59 bits per heavy atom. The number of ether oxygens (including phenoxy) is 1. The number of hydrogen-bond acceptors (Lipinski definition) is 2. The molecule has 0 unspecified atom stereocenters. The molecule has 0 amide bonds. The van der Waals surface area contributed by atoms with Crippen molar-refractivity contribution in [3.8, 4) is 5.75 Å². The van der Waals surface area contributed by atoms with Gasteiger partial charge in [-0.25, -0.2) is 4.39 Å².